The van der Waals surface area contributed by atoms with Crippen LogP contribution < -0.4 is 5.32 Å². The fourth-order valence-corrected chi connectivity index (χ4v) is 1.29. The van der Waals surface area contributed by atoms with Gasteiger partial charge in [-0.3, -0.25) is 4.79 Å². The average molecular weight is 257 g/mol. The molecule has 0 rings (SSSR count). The van der Waals surface area contributed by atoms with Gasteiger partial charge in [-0.25, -0.2) is 9.59 Å². The molecule has 0 radical (unpaired) electrons. The summed E-state index contributed by atoms with van der Waals surface area (Å²) in [5, 5.41) is 20.0. The van der Waals surface area contributed by atoms with Crippen LogP contribution in [0.4, 0.5) is 0 Å². The summed E-state index contributed by atoms with van der Waals surface area (Å²) >= 11 is 0. The first kappa shape index (κ1) is 16.1. The second-order valence-electron chi connectivity index (χ2n) is 4.55. The van der Waals surface area contributed by atoms with E-state index >= 15 is 0 Å². The highest BCUT2D eigenvalue weighted by Crippen LogP contribution is 2.08. The predicted octanol–water partition coefficient (Wildman–Crippen LogP) is 1.02. The van der Waals surface area contributed by atoms with Crippen LogP contribution in [-0.4, -0.2) is 34.1 Å². The Bertz CT molecular complexity index is 384. The average Bonchev–Trinajstić information content (AvgIpc) is 2.24. The zero-order valence-corrected chi connectivity index (χ0v) is 11.0. The lowest BCUT2D eigenvalue weighted by molar-refractivity contribution is -0.141. The maximum Gasteiger partial charge on any atom is 0.331 e. The molecule has 0 heterocycles. The molecule has 0 saturated heterocycles. The van der Waals surface area contributed by atoms with E-state index in [1.54, 1.807) is 0 Å². The summed E-state index contributed by atoms with van der Waals surface area (Å²) in [6.45, 7) is 6.34. The smallest absolute Gasteiger partial charge is 0.331 e. The number of hydrogen-bond donors (Lipinski definition) is 3. The molecule has 1 atom stereocenters. The van der Waals surface area contributed by atoms with E-state index < -0.39 is 23.9 Å². The lowest BCUT2D eigenvalue weighted by atomic mass is 10.0. The number of nitrogens with one attached hydrogen (secondary N) is 1. The summed E-state index contributed by atoms with van der Waals surface area (Å²) in [4.78, 5) is 33.3. The maximum absolute atomic E-state index is 11.7. The van der Waals surface area contributed by atoms with E-state index in [9.17, 15) is 14.4 Å². The molecule has 0 aliphatic heterocycles. The van der Waals surface area contributed by atoms with E-state index in [2.05, 4.69) is 5.32 Å². The van der Waals surface area contributed by atoms with Gasteiger partial charge < -0.3 is 15.5 Å². The molecular formula is C12H19NO5. The van der Waals surface area contributed by atoms with Gasteiger partial charge >= 0.3 is 11.9 Å². The van der Waals surface area contributed by atoms with Crippen molar-refractivity contribution in [3.05, 3.63) is 11.1 Å². The van der Waals surface area contributed by atoms with Gasteiger partial charge in [0.1, 0.15) is 6.04 Å². The van der Waals surface area contributed by atoms with Crippen molar-refractivity contribution in [3.8, 4) is 0 Å². The summed E-state index contributed by atoms with van der Waals surface area (Å²) in [5.41, 5.74) is -0.0845. The number of rotatable bonds is 6. The Kier molecular flexibility index (Phi) is 6.08. The van der Waals surface area contributed by atoms with Crippen molar-refractivity contribution >= 4 is 17.8 Å². The molecule has 1 amide bonds. The molecule has 18 heavy (non-hydrogen) atoms. The molecule has 0 aromatic carbocycles. The third kappa shape index (κ3) is 4.99. The van der Waals surface area contributed by atoms with Crippen molar-refractivity contribution in [1.29, 1.82) is 0 Å². The first-order chi connectivity index (χ1) is 8.16. The molecule has 0 aromatic rings. The monoisotopic (exact) mass is 257 g/mol. The van der Waals surface area contributed by atoms with Crippen molar-refractivity contribution in [2.75, 3.05) is 0 Å². The highest BCUT2D eigenvalue weighted by Gasteiger charge is 2.22. The second kappa shape index (κ2) is 6.78. The Morgan fingerprint density at radius 1 is 1.06 bits per heavy atom. The summed E-state index contributed by atoms with van der Waals surface area (Å²) < 4.78 is 0. The number of amides is 1. The van der Waals surface area contributed by atoms with Crippen LogP contribution in [0, 0.1) is 5.92 Å². The van der Waals surface area contributed by atoms with Crippen LogP contribution in [0.2, 0.25) is 0 Å². The van der Waals surface area contributed by atoms with Crippen LogP contribution in [0.25, 0.3) is 0 Å². The number of hydrogen-bond acceptors (Lipinski definition) is 3. The van der Waals surface area contributed by atoms with Gasteiger partial charge in [0.25, 0.3) is 0 Å². The fourth-order valence-electron chi connectivity index (χ4n) is 1.29. The number of carbonyl (C=O) groups excluding carboxylic acids is 1. The molecule has 0 fully saturated rings. The van der Waals surface area contributed by atoms with Crippen molar-refractivity contribution in [2.45, 2.75) is 40.2 Å². The van der Waals surface area contributed by atoms with Crippen LogP contribution in [0.5, 0.6) is 0 Å². The van der Waals surface area contributed by atoms with Gasteiger partial charge in [0.2, 0.25) is 5.91 Å². The Morgan fingerprint density at radius 2 is 1.56 bits per heavy atom. The van der Waals surface area contributed by atoms with Crippen LogP contribution in [0.1, 0.15) is 34.1 Å². The number of aliphatic carboxylic acids is 2. The minimum absolute atomic E-state index is 0.0116. The topological polar surface area (TPSA) is 104 Å². The van der Waals surface area contributed by atoms with E-state index in [1.165, 1.54) is 13.8 Å². The van der Waals surface area contributed by atoms with E-state index in [4.69, 9.17) is 10.2 Å². The Morgan fingerprint density at radius 3 is 1.89 bits per heavy atom. The molecule has 0 aromatic heterocycles. The standard InChI is InChI=1S/C12H19NO5/c1-6(2)5-9(12(17)18)13-10(14)7(3)8(4)11(15)16/h6,9H,5H2,1-4H3,(H,13,14)(H,15,16)(H,17,18)/b8-7-. The lowest BCUT2D eigenvalue weighted by Gasteiger charge is -2.17. The van der Waals surface area contributed by atoms with Gasteiger partial charge in [-0.05, 0) is 26.2 Å². The normalized spacial score (nSPS) is 13.8. The van der Waals surface area contributed by atoms with E-state index in [-0.39, 0.29) is 17.1 Å². The van der Waals surface area contributed by atoms with Gasteiger partial charge in [0.05, 0.1) is 0 Å². The van der Waals surface area contributed by atoms with Crippen molar-refractivity contribution in [2.24, 2.45) is 5.92 Å². The Labute approximate surface area is 106 Å². The Balaban J connectivity index is 4.86. The molecule has 1 unspecified atom stereocenters. The van der Waals surface area contributed by atoms with Crippen LogP contribution in [0.15, 0.2) is 11.1 Å². The van der Waals surface area contributed by atoms with Crippen molar-refractivity contribution in [3.63, 3.8) is 0 Å². The van der Waals surface area contributed by atoms with Crippen molar-refractivity contribution < 1.29 is 24.6 Å². The van der Waals surface area contributed by atoms with E-state index in [1.807, 2.05) is 13.8 Å². The highest BCUT2D eigenvalue weighted by atomic mass is 16.4. The molecule has 102 valence electrons. The quantitative estimate of drug-likeness (QED) is 0.616. The molecule has 6 heteroatoms. The zero-order valence-electron chi connectivity index (χ0n) is 11.0. The van der Waals surface area contributed by atoms with Gasteiger partial charge in [-0.2, -0.15) is 0 Å². The molecule has 0 aliphatic rings. The maximum atomic E-state index is 11.7. The predicted molar refractivity (Wildman–Crippen MR) is 65.0 cm³/mol. The summed E-state index contributed by atoms with van der Waals surface area (Å²) in [7, 11) is 0. The lowest BCUT2D eigenvalue weighted by Crippen LogP contribution is -2.42. The molecule has 0 saturated carbocycles. The summed E-state index contributed by atoms with van der Waals surface area (Å²) in [6.07, 6.45) is 0.292. The van der Waals surface area contributed by atoms with Gasteiger partial charge in [0.15, 0.2) is 0 Å². The number of carboxylic acid groups (broad SMARTS) is 2. The molecule has 6 nitrogen and oxygen atoms in total. The van der Waals surface area contributed by atoms with Gasteiger partial charge in [-0.15, -0.1) is 0 Å². The zero-order chi connectivity index (χ0) is 14.5. The first-order valence-corrected chi connectivity index (χ1v) is 5.61. The number of carboxylic acids is 2. The largest absolute Gasteiger partial charge is 0.480 e. The fraction of sp³-hybridized carbons (Fsp3) is 0.583. The first-order valence-electron chi connectivity index (χ1n) is 5.61. The molecular weight excluding hydrogens is 238 g/mol. The highest BCUT2D eigenvalue weighted by molar-refractivity contribution is 6.02. The second-order valence-corrected chi connectivity index (χ2v) is 4.55. The van der Waals surface area contributed by atoms with Crippen LogP contribution in [0.3, 0.4) is 0 Å². The molecule has 0 bridgehead atoms. The SMILES string of the molecule is C/C(C(=O)O)=C(\C)C(=O)NC(CC(C)C)C(=O)O. The van der Waals surface area contributed by atoms with E-state index in [0.29, 0.717) is 6.42 Å². The summed E-state index contributed by atoms with van der Waals surface area (Å²) in [5.74, 6) is -2.88. The third-order valence-electron chi connectivity index (χ3n) is 2.53. The van der Waals surface area contributed by atoms with Crippen LogP contribution >= 0.6 is 0 Å². The minimum atomic E-state index is -1.20. The van der Waals surface area contributed by atoms with Crippen LogP contribution in [-0.2, 0) is 14.4 Å². The minimum Gasteiger partial charge on any atom is -0.480 e. The number of carbonyl (C=O) groups is 3. The molecule has 0 aliphatic carbocycles. The van der Waals surface area contributed by atoms with Gasteiger partial charge in [-0.1, -0.05) is 13.8 Å². The van der Waals surface area contributed by atoms with Crippen molar-refractivity contribution in [1.82, 2.24) is 5.32 Å². The van der Waals surface area contributed by atoms with Gasteiger partial charge in [0, 0.05) is 11.1 Å². The van der Waals surface area contributed by atoms with E-state index in [0.717, 1.165) is 0 Å². The third-order valence-corrected chi connectivity index (χ3v) is 2.53. The molecule has 0 spiro atoms. The Hall–Kier alpha value is -1.85. The molecule has 3 N–H and O–H groups in total. The summed E-state index contributed by atoms with van der Waals surface area (Å²) in [6, 6.07) is -1.01.